The van der Waals surface area contributed by atoms with Crippen molar-refractivity contribution in [3.63, 3.8) is 0 Å². The van der Waals surface area contributed by atoms with E-state index in [4.69, 9.17) is 4.74 Å². The van der Waals surface area contributed by atoms with Crippen LogP contribution in [0.2, 0.25) is 0 Å². The minimum absolute atomic E-state index is 0.0746. The van der Waals surface area contributed by atoms with E-state index in [0.717, 1.165) is 37.1 Å². The number of hydrogen-bond acceptors (Lipinski definition) is 4. The molecule has 1 aliphatic rings. The van der Waals surface area contributed by atoms with Crippen molar-refractivity contribution in [3.05, 3.63) is 11.6 Å². The molecule has 24 heavy (non-hydrogen) atoms. The highest BCUT2D eigenvalue weighted by Gasteiger charge is 2.24. The Labute approximate surface area is 145 Å². The molecule has 0 aromatic carbocycles. The zero-order valence-corrected chi connectivity index (χ0v) is 15.7. The van der Waals surface area contributed by atoms with Gasteiger partial charge in [-0.1, -0.05) is 20.8 Å². The Hall–Kier alpha value is -1.63. The Kier molecular flexibility index (Phi) is 6.60. The van der Waals surface area contributed by atoms with Gasteiger partial charge in [-0.05, 0) is 25.2 Å². The molecule has 2 rings (SSSR count). The highest BCUT2D eigenvalue weighted by molar-refractivity contribution is 5.79. The topological polar surface area (TPSA) is 76.4 Å². The summed E-state index contributed by atoms with van der Waals surface area (Å²) in [6.45, 7) is 11.7. The number of aliphatic imine (C=N–C) groups is 1. The highest BCUT2D eigenvalue weighted by Crippen LogP contribution is 2.21. The number of aromatic nitrogens is 3. The number of rotatable bonds is 6. The number of nitrogens with one attached hydrogen (secondary N) is 2. The molecule has 0 amide bonds. The third-order valence-electron chi connectivity index (χ3n) is 4.36. The molecule has 1 unspecified atom stereocenters. The largest absolute Gasteiger partial charge is 0.379 e. The highest BCUT2D eigenvalue weighted by atomic mass is 16.5. The quantitative estimate of drug-likeness (QED) is 0.611. The van der Waals surface area contributed by atoms with Crippen LogP contribution in [0, 0.1) is 5.41 Å². The van der Waals surface area contributed by atoms with Crippen LogP contribution in [-0.4, -0.2) is 47.0 Å². The van der Waals surface area contributed by atoms with Gasteiger partial charge in [0.15, 0.2) is 11.8 Å². The Bertz CT molecular complexity index is 546. The Morgan fingerprint density at radius 3 is 2.75 bits per heavy atom. The second-order valence-corrected chi connectivity index (χ2v) is 7.31. The van der Waals surface area contributed by atoms with E-state index in [1.54, 1.807) is 7.11 Å². The molecular weight excluding hydrogens is 304 g/mol. The summed E-state index contributed by atoms with van der Waals surface area (Å²) in [6, 6.07) is 0. The molecule has 1 aliphatic heterocycles. The molecule has 0 bridgehead atoms. The summed E-state index contributed by atoms with van der Waals surface area (Å²) >= 11 is 0. The Morgan fingerprint density at radius 1 is 1.29 bits per heavy atom. The van der Waals surface area contributed by atoms with Crippen molar-refractivity contribution in [1.82, 2.24) is 25.4 Å². The summed E-state index contributed by atoms with van der Waals surface area (Å²) in [6.07, 6.45) is 3.54. The fourth-order valence-corrected chi connectivity index (χ4v) is 2.91. The van der Waals surface area contributed by atoms with Crippen LogP contribution in [-0.2, 0) is 24.2 Å². The molecule has 1 atom stereocenters. The summed E-state index contributed by atoms with van der Waals surface area (Å²) in [5.74, 6) is 2.83. The fourth-order valence-electron chi connectivity index (χ4n) is 2.91. The number of aryl methyl sites for hydroxylation is 1. The minimum atomic E-state index is 0.0746. The van der Waals surface area contributed by atoms with E-state index in [1.807, 2.05) is 0 Å². The van der Waals surface area contributed by atoms with E-state index in [-0.39, 0.29) is 11.5 Å². The third-order valence-corrected chi connectivity index (χ3v) is 4.36. The number of ether oxygens (including phenoxy) is 1. The lowest BCUT2D eigenvalue weighted by Crippen LogP contribution is -2.45. The molecule has 2 heterocycles. The van der Waals surface area contributed by atoms with Crippen molar-refractivity contribution < 1.29 is 4.74 Å². The minimum Gasteiger partial charge on any atom is -0.379 e. The Morgan fingerprint density at radius 2 is 2.08 bits per heavy atom. The molecule has 0 saturated carbocycles. The fraction of sp³-hybridized carbons (Fsp3) is 0.824. The maximum Gasteiger partial charge on any atom is 0.191 e. The van der Waals surface area contributed by atoms with Crippen molar-refractivity contribution >= 4 is 5.96 Å². The van der Waals surface area contributed by atoms with Crippen molar-refractivity contribution in [2.45, 2.75) is 66.2 Å². The van der Waals surface area contributed by atoms with Gasteiger partial charge in [-0.25, -0.2) is 4.99 Å². The first kappa shape index (κ1) is 18.7. The average Bonchev–Trinajstić information content (AvgIpc) is 2.95. The van der Waals surface area contributed by atoms with Gasteiger partial charge in [0, 0.05) is 33.2 Å². The second kappa shape index (κ2) is 8.46. The number of methoxy groups -OCH3 is 1. The predicted octanol–water partition coefficient (Wildman–Crippen LogP) is 1.73. The molecule has 0 saturated heterocycles. The number of nitrogens with zero attached hydrogens (tertiary/aromatic N) is 4. The zero-order valence-electron chi connectivity index (χ0n) is 15.7. The summed E-state index contributed by atoms with van der Waals surface area (Å²) in [5, 5.41) is 15.2. The SMILES string of the molecule is CCNC(=NCc1nnc2n1CCCC2)NCC(OC)C(C)(C)C. The lowest BCUT2D eigenvalue weighted by atomic mass is 9.89. The first-order valence-electron chi connectivity index (χ1n) is 8.91. The lowest BCUT2D eigenvalue weighted by Gasteiger charge is -2.30. The van der Waals surface area contributed by atoms with Crippen molar-refractivity contribution in [3.8, 4) is 0 Å². The molecular formula is C17H32N6O. The van der Waals surface area contributed by atoms with E-state index >= 15 is 0 Å². The van der Waals surface area contributed by atoms with Crippen LogP contribution in [0.1, 0.15) is 52.2 Å². The smallest absolute Gasteiger partial charge is 0.191 e. The van der Waals surface area contributed by atoms with Crippen LogP contribution in [0.15, 0.2) is 4.99 Å². The van der Waals surface area contributed by atoms with Gasteiger partial charge in [0.05, 0.1) is 6.10 Å². The van der Waals surface area contributed by atoms with E-state index in [0.29, 0.717) is 13.1 Å². The molecule has 0 fully saturated rings. The van der Waals surface area contributed by atoms with Gasteiger partial charge in [-0.2, -0.15) is 0 Å². The van der Waals surface area contributed by atoms with Gasteiger partial charge in [-0.15, -0.1) is 10.2 Å². The van der Waals surface area contributed by atoms with Crippen LogP contribution >= 0.6 is 0 Å². The van der Waals surface area contributed by atoms with E-state index in [9.17, 15) is 0 Å². The molecule has 7 heteroatoms. The van der Waals surface area contributed by atoms with Gasteiger partial charge < -0.3 is 19.9 Å². The van der Waals surface area contributed by atoms with E-state index in [2.05, 4.69) is 58.1 Å². The van der Waals surface area contributed by atoms with Gasteiger partial charge in [0.25, 0.3) is 0 Å². The summed E-state index contributed by atoms with van der Waals surface area (Å²) in [4.78, 5) is 4.67. The van der Waals surface area contributed by atoms with Gasteiger partial charge >= 0.3 is 0 Å². The summed E-state index contributed by atoms with van der Waals surface area (Å²) in [7, 11) is 1.75. The lowest BCUT2D eigenvalue weighted by molar-refractivity contribution is 0.0205. The zero-order chi connectivity index (χ0) is 17.6. The molecule has 0 aliphatic carbocycles. The van der Waals surface area contributed by atoms with E-state index in [1.165, 1.54) is 12.8 Å². The van der Waals surface area contributed by atoms with Crippen molar-refractivity contribution in [2.24, 2.45) is 10.4 Å². The molecule has 7 nitrogen and oxygen atoms in total. The van der Waals surface area contributed by atoms with Crippen molar-refractivity contribution in [1.29, 1.82) is 0 Å². The summed E-state index contributed by atoms with van der Waals surface area (Å²) < 4.78 is 7.81. The predicted molar refractivity (Wildman–Crippen MR) is 96.0 cm³/mol. The standard InChI is InChI=1S/C17H32N6O/c1-6-18-16(19-11-13(24-5)17(2,3)4)20-12-15-22-21-14-9-7-8-10-23(14)15/h13H,6-12H2,1-5H3,(H2,18,19,20). The monoisotopic (exact) mass is 336 g/mol. The van der Waals surface area contributed by atoms with Crippen LogP contribution in [0.4, 0.5) is 0 Å². The maximum atomic E-state index is 5.60. The van der Waals surface area contributed by atoms with Crippen LogP contribution in [0.5, 0.6) is 0 Å². The van der Waals surface area contributed by atoms with Crippen LogP contribution < -0.4 is 10.6 Å². The Balaban J connectivity index is 1.99. The normalized spacial score (nSPS) is 16.6. The van der Waals surface area contributed by atoms with E-state index < -0.39 is 0 Å². The molecule has 1 aromatic heterocycles. The van der Waals surface area contributed by atoms with Gasteiger partial charge in [0.1, 0.15) is 12.4 Å². The number of hydrogen-bond donors (Lipinski definition) is 2. The van der Waals surface area contributed by atoms with Crippen LogP contribution in [0.25, 0.3) is 0 Å². The number of guanidine groups is 1. The second-order valence-electron chi connectivity index (χ2n) is 7.31. The number of fused-ring (bicyclic) bond motifs is 1. The average molecular weight is 336 g/mol. The third kappa shape index (κ3) is 4.93. The van der Waals surface area contributed by atoms with Gasteiger partial charge in [0.2, 0.25) is 0 Å². The maximum absolute atomic E-state index is 5.60. The van der Waals surface area contributed by atoms with Crippen LogP contribution in [0.3, 0.4) is 0 Å². The first-order chi connectivity index (χ1) is 11.5. The van der Waals surface area contributed by atoms with Gasteiger partial charge in [-0.3, -0.25) is 0 Å². The summed E-state index contributed by atoms with van der Waals surface area (Å²) in [5.41, 5.74) is 0.0746. The molecule has 1 aromatic rings. The molecule has 136 valence electrons. The molecule has 0 radical (unpaired) electrons. The van der Waals surface area contributed by atoms with Crippen molar-refractivity contribution in [2.75, 3.05) is 20.2 Å². The first-order valence-corrected chi connectivity index (χ1v) is 8.91. The molecule has 2 N–H and O–H groups in total. The molecule has 0 spiro atoms.